The van der Waals surface area contributed by atoms with Gasteiger partial charge in [0.2, 0.25) is 11.5 Å². The zero-order valence-electron chi connectivity index (χ0n) is 15.3. The summed E-state index contributed by atoms with van der Waals surface area (Å²) in [5.74, 6) is -0.0170. The third-order valence-electron chi connectivity index (χ3n) is 4.25. The van der Waals surface area contributed by atoms with Crippen LogP contribution in [0.3, 0.4) is 0 Å². The fourth-order valence-electron chi connectivity index (χ4n) is 2.79. The first kappa shape index (κ1) is 21.7. The topological polar surface area (TPSA) is 80.7 Å². The van der Waals surface area contributed by atoms with Gasteiger partial charge in [-0.05, 0) is 31.0 Å². The summed E-state index contributed by atoms with van der Waals surface area (Å²) in [6, 6.07) is 3.35. The van der Waals surface area contributed by atoms with Crippen molar-refractivity contribution in [2.24, 2.45) is 0 Å². The standard InChI is InChI=1S/C18H18ClF3N2O4S/c1-10-9-29-16(24-10)17(26,18(20,21)22)8-14(25)23-3-2-11-6-12(19)15-13(7-11)27-4-5-28-15/h6-7,9,26H,2-5,8H2,1H3,(H,23,25). The number of ether oxygens (including phenoxy) is 2. The van der Waals surface area contributed by atoms with Crippen LogP contribution in [0.25, 0.3) is 0 Å². The lowest BCUT2D eigenvalue weighted by Gasteiger charge is -2.27. The van der Waals surface area contributed by atoms with Crippen molar-refractivity contribution < 1.29 is 32.5 Å². The summed E-state index contributed by atoms with van der Waals surface area (Å²) < 4.78 is 51.2. The number of hydrogen-bond donors (Lipinski definition) is 2. The number of carbonyl (C=O) groups is 1. The number of carbonyl (C=O) groups excluding carboxylic acids is 1. The zero-order chi connectivity index (χ0) is 21.2. The summed E-state index contributed by atoms with van der Waals surface area (Å²) in [7, 11) is 0. The van der Waals surface area contributed by atoms with E-state index in [1.165, 1.54) is 12.3 Å². The number of alkyl halides is 3. The Bertz CT molecular complexity index is 906. The van der Waals surface area contributed by atoms with Gasteiger partial charge in [0, 0.05) is 17.6 Å². The zero-order valence-corrected chi connectivity index (χ0v) is 16.9. The van der Waals surface area contributed by atoms with E-state index < -0.39 is 29.1 Å². The Labute approximate surface area is 173 Å². The minimum absolute atomic E-state index is 0.0552. The number of aromatic nitrogens is 1. The van der Waals surface area contributed by atoms with E-state index in [0.29, 0.717) is 53.2 Å². The Kier molecular flexibility index (Phi) is 6.25. The fraction of sp³-hybridized carbons (Fsp3) is 0.444. The van der Waals surface area contributed by atoms with E-state index in [4.69, 9.17) is 21.1 Å². The normalized spacial score (nSPS) is 15.7. The highest BCUT2D eigenvalue weighted by Crippen LogP contribution is 2.43. The van der Waals surface area contributed by atoms with Crippen LogP contribution in [-0.2, 0) is 16.8 Å². The number of amides is 1. The van der Waals surface area contributed by atoms with Gasteiger partial charge in [-0.1, -0.05) is 11.6 Å². The molecule has 1 unspecified atom stereocenters. The Hall–Kier alpha value is -2.04. The van der Waals surface area contributed by atoms with Crippen LogP contribution in [0.1, 0.15) is 22.7 Å². The third kappa shape index (κ3) is 4.76. The molecule has 2 heterocycles. The Balaban J connectivity index is 1.62. The molecule has 29 heavy (non-hydrogen) atoms. The highest BCUT2D eigenvalue weighted by Gasteiger charge is 2.58. The molecule has 1 aliphatic rings. The van der Waals surface area contributed by atoms with Crippen molar-refractivity contribution in [2.75, 3.05) is 19.8 Å². The summed E-state index contributed by atoms with van der Waals surface area (Å²) >= 11 is 6.80. The average molecular weight is 451 g/mol. The van der Waals surface area contributed by atoms with Crippen molar-refractivity contribution in [3.05, 3.63) is 38.8 Å². The molecule has 1 aromatic heterocycles. The highest BCUT2D eigenvalue weighted by atomic mass is 35.5. The van der Waals surface area contributed by atoms with Crippen LogP contribution in [0.5, 0.6) is 11.5 Å². The first-order valence-electron chi connectivity index (χ1n) is 8.66. The number of rotatable bonds is 6. The molecule has 0 fully saturated rings. The molecule has 0 aliphatic carbocycles. The van der Waals surface area contributed by atoms with E-state index in [1.807, 2.05) is 0 Å². The number of thiazole rings is 1. The Morgan fingerprint density at radius 3 is 2.72 bits per heavy atom. The van der Waals surface area contributed by atoms with Crippen LogP contribution in [-0.4, -0.2) is 41.9 Å². The van der Waals surface area contributed by atoms with Gasteiger partial charge in [-0.2, -0.15) is 13.2 Å². The number of fused-ring (bicyclic) bond motifs is 1. The third-order valence-corrected chi connectivity index (χ3v) is 5.64. The fourth-order valence-corrected chi connectivity index (χ4v) is 3.99. The molecule has 1 amide bonds. The SMILES string of the molecule is Cc1csc(C(O)(CC(=O)NCCc2cc(Cl)c3c(c2)OCCO3)C(F)(F)F)n1. The largest absolute Gasteiger partial charge is 0.486 e. The molecule has 1 atom stereocenters. The van der Waals surface area contributed by atoms with Crippen LogP contribution in [0, 0.1) is 6.92 Å². The Morgan fingerprint density at radius 2 is 2.07 bits per heavy atom. The maximum Gasteiger partial charge on any atom is 0.424 e. The molecule has 2 N–H and O–H groups in total. The minimum Gasteiger partial charge on any atom is -0.486 e. The number of aryl methyl sites for hydroxylation is 1. The first-order valence-corrected chi connectivity index (χ1v) is 9.92. The maximum absolute atomic E-state index is 13.4. The number of nitrogens with one attached hydrogen (secondary N) is 1. The van der Waals surface area contributed by atoms with E-state index >= 15 is 0 Å². The molecule has 0 radical (unpaired) electrons. The monoisotopic (exact) mass is 450 g/mol. The first-order chi connectivity index (χ1) is 13.6. The predicted molar refractivity (Wildman–Crippen MR) is 101 cm³/mol. The molecule has 2 aromatic rings. The number of nitrogens with zero attached hydrogens (tertiary/aromatic N) is 1. The second kappa shape index (κ2) is 8.37. The highest BCUT2D eigenvalue weighted by molar-refractivity contribution is 7.09. The van der Waals surface area contributed by atoms with Gasteiger partial charge in [0.1, 0.15) is 18.2 Å². The van der Waals surface area contributed by atoms with Crippen LogP contribution >= 0.6 is 22.9 Å². The molecule has 0 saturated heterocycles. The smallest absolute Gasteiger partial charge is 0.424 e. The molecular formula is C18H18ClF3N2O4S. The number of halogens is 4. The van der Waals surface area contributed by atoms with E-state index in [-0.39, 0.29) is 6.54 Å². The van der Waals surface area contributed by atoms with Gasteiger partial charge in [-0.25, -0.2) is 4.98 Å². The number of hydrogen-bond acceptors (Lipinski definition) is 6. The van der Waals surface area contributed by atoms with Crippen molar-refractivity contribution in [3.63, 3.8) is 0 Å². The van der Waals surface area contributed by atoms with Crippen LogP contribution in [0.15, 0.2) is 17.5 Å². The number of aliphatic hydroxyl groups is 1. The maximum atomic E-state index is 13.4. The molecule has 0 bridgehead atoms. The number of benzene rings is 1. The van der Waals surface area contributed by atoms with Gasteiger partial charge in [0.15, 0.2) is 11.5 Å². The molecule has 6 nitrogen and oxygen atoms in total. The van der Waals surface area contributed by atoms with Crippen LogP contribution < -0.4 is 14.8 Å². The summed E-state index contributed by atoms with van der Waals surface area (Å²) in [5, 5.41) is 13.8. The minimum atomic E-state index is -5.04. The Morgan fingerprint density at radius 1 is 1.34 bits per heavy atom. The van der Waals surface area contributed by atoms with Gasteiger partial charge >= 0.3 is 6.18 Å². The molecular weight excluding hydrogens is 433 g/mol. The lowest BCUT2D eigenvalue weighted by Crippen LogP contribution is -2.46. The summed E-state index contributed by atoms with van der Waals surface area (Å²) in [6.07, 6.45) is -5.91. The van der Waals surface area contributed by atoms with Crippen LogP contribution in [0.2, 0.25) is 5.02 Å². The lowest BCUT2D eigenvalue weighted by molar-refractivity contribution is -0.267. The predicted octanol–water partition coefficient (Wildman–Crippen LogP) is 3.38. The van der Waals surface area contributed by atoms with E-state index in [2.05, 4.69) is 10.3 Å². The van der Waals surface area contributed by atoms with Crippen molar-refractivity contribution >= 4 is 28.8 Å². The molecule has 11 heteroatoms. The summed E-state index contributed by atoms with van der Waals surface area (Å²) in [6.45, 7) is 2.34. The molecule has 3 rings (SSSR count). The van der Waals surface area contributed by atoms with Crippen molar-refractivity contribution in [2.45, 2.75) is 31.5 Å². The van der Waals surface area contributed by atoms with E-state index in [9.17, 15) is 23.1 Å². The van der Waals surface area contributed by atoms with Crippen molar-refractivity contribution in [3.8, 4) is 11.5 Å². The molecule has 1 aliphatic heterocycles. The van der Waals surface area contributed by atoms with Gasteiger partial charge in [-0.3, -0.25) is 4.79 Å². The quantitative estimate of drug-likeness (QED) is 0.705. The van der Waals surface area contributed by atoms with Gasteiger partial charge < -0.3 is 19.9 Å². The second-order valence-corrected chi connectivity index (χ2v) is 7.80. The van der Waals surface area contributed by atoms with Gasteiger partial charge in [0.05, 0.1) is 11.4 Å². The summed E-state index contributed by atoms with van der Waals surface area (Å²) in [5.41, 5.74) is -2.28. The van der Waals surface area contributed by atoms with Crippen molar-refractivity contribution in [1.29, 1.82) is 0 Å². The summed E-state index contributed by atoms with van der Waals surface area (Å²) in [4.78, 5) is 15.8. The van der Waals surface area contributed by atoms with E-state index in [0.717, 1.165) is 5.56 Å². The molecule has 1 aromatic carbocycles. The molecule has 0 spiro atoms. The van der Waals surface area contributed by atoms with Gasteiger partial charge in [0.25, 0.3) is 0 Å². The molecule has 158 valence electrons. The lowest BCUT2D eigenvalue weighted by atomic mass is 9.99. The average Bonchev–Trinajstić information content (AvgIpc) is 3.08. The van der Waals surface area contributed by atoms with Gasteiger partial charge in [-0.15, -0.1) is 11.3 Å². The van der Waals surface area contributed by atoms with Crippen LogP contribution in [0.4, 0.5) is 13.2 Å². The second-order valence-electron chi connectivity index (χ2n) is 6.53. The molecule has 0 saturated carbocycles. The van der Waals surface area contributed by atoms with Crippen molar-refractivity contribution in [1.82, 2.24) is 10.3 Å². The van der Waals surface area contributed by atoms with E-state index in [1.54, 1.807) is 12.1 Å².